The van der Waals surface area contributed by atoms with Crippen molar-refractivity contribution in [3.63, 3.8) is 0 Å². The van der Waals surface area contributed by atoms with Gasteiger partial charge in [-0.05, 0) is 12.1 Å². The molecule has 0 aliphatic carbocycles. The number of nitro benzene ring substituents is 1. The molecular formula is C9H10BrNO4. The summed E-state index contributed by atoms with van der Waals surface area (Å²) in [4.78, 5) is 9.87. The molecule has 0 spiro atoms. The van der Waals surface area contributed by atoms with E-state index in [1.165, 1.54) is 24.3 Å². The Morgan fingerprint density at radius 2 is 2.07 bits per heavy atom. The van der Waals surface area contributed by atoms with Gasteiger partial charge in [0.05, 0.1) is 11.0 Å². The number of rotatable bonds is 5. The van der Waals surface area contributed by atoms with E-state index in [-0.39, 0.29) is 12.3 Å². The maximum atomic E-state index is 10.3. The topological polar surface area (TPSA) is 72.6 Å². The van der Waals surface area contributed by atoms with E-state index in [0.717, 1.165) is 0 Å². The summed E-state index contributed by atoms with van der Waals surface area (Å²) in [6.45, 7) is 0.156. The number of halogens is 1. The third-order valence-corrected chi connectivity index (χ3v) is 2.42. The molecule has 0 radical (unpaired) electrons. The van der Waals surface area contributed by atoms with Crippen LogP contribution >= 0.6 is 15.9 Å². The SMILES string of the molecule is O=[N+]([O-])c1ccc(OCC(O)CBr)cc1. The highest BCUT2D eigenvalue weighted by Crippen LogP contribution is 2.17. The zero-order chi connectivity index (χ0) is 11.3. The number of hydrogen-bond acceptors (Lipinski definition) is 4. The van der Waals surface area contributed by atoms with Crippen molar-refractivity contribution in [1.29, 1.82) is 0 Å². The van der Waals surface area contributed by atoms with Crippen LogP contribution in [0.25, 0.3) is 0 Å². The van der Waals surface area contributed by atoms with Gasteiger partial charge >= 0.3 is 0 Å². The van der Waals surface area contributed by atoms with Gasteiger partial charge in [-0.1, -0.05) is 15.9 Å². The highest BCUT2D eigenvalue weighted by atomic mass is 79.9. The third-order valence-electron chi connectivity index (χ3n) is 1.67. The van der Waals surface area contributed by atoms with E-state index in [4.69, 9.17) is 4.74 Å². The van der Waals surface area contributed by atoms with E-state index in [9.17, 15) is 15.2 Å². The summed E-state index contributed by atoms with van der Waals surface area (Å²) < 4.78 is 5.19. The maximum absolute atomic E-state index is 10.3. The largest absolute Gasteiger partial charge is 0.491 e. The van der Waals surface area contributed by atoms with Crippen molar-refractivity contribution >= 4 is 21.6 Å². The predicted molar refractivity (Wildman–Crippen MR) is 58.4 cm³/mol. The van der Waals surface area contributed by atoms with Gasteiger partial charge in [-0.15, -0.1) is 0 Å². The Balaban J connectivity index is 2.53. The Morgan fingerprint density at radius 3 is 2.53 bits per heavy atom. The van der Waals surface area contributed by atoms with E-state index < -0.39 is 11.0 Å². The molecule has 0 saturated carbocycles. The van der Waals surface area contributed by atoms with Gasteiger partial charge in [0.2, 0.25) is 0 Å². The monoisotopic (exact) mass is 275 g/mol. The second-order valence-electron chi connectivity index (χ2n) is 2.87. The van der Waals surface area contributed by atoms with Crippen LogP contribution < -0.4 is 4.74 Å². The number of nitro groups is 1. The van der Waals surface area contributed by atoms with Crippen molar-refractivity contribution in [3.8, 4) is 5.75 Å². The molecule has 1 rings (SSSR count). The Hall–Kier alpha value is -1.14. The van der Waals surface area contributed by atoms with Crippen molar-refractivity contribution in [2.75, 3.05) is 11.9 Å². The molecule has 1 aromatic rings. The number of alkyl halides is 1. The summed E-state index contributed by atoms with van der Waals surface area (Å²) in [7, 11) is 0. The molecule has 5 nitrogen and oxygen atoms in total. The molecule has 0 saturated heterocycles. The van der Waals surface area contributed by atoms with Gasteiger partial charge in [-0.3, -0.25) is 10.1 Å². The Bertz CT molecular complexity index is 327. The normalized spacial score (nSPS) is 12.1. The average Bonchev–Trinajstić information content (AvgIpc) is 2.26. The first-order valence-electron chi connectivity index (χ1n) is 4.24. The first kappa shape index (κ1) is 11.9. The van der Waals surface area contributed by atoms with Crippen LogP contribution in [0, 0.1) is 10.1 Å². The van der Waals surface area contributed by atoms with E-state index in [0.29, 0.717) is 11.1 Å². The number of non-ortho nitro benzene ring substituents is 1. The van der Waals surface area contributed by atoms with Crippen LogP contribution in [0.1, 0.15) is 0 Å². The zero-order valence-corrected chi connectivity index (χ0v) is 9.38. The third kappa shape index (κ3) is 3.85. The van der Waals surface area contributed by atoms with Gasteiger partial charge in [-0.2, -0.15) is 0 Å². The van der Waals surface area contributed by atoms with Gasteiger partial charge in [0.25, 0.3) is 5.69 Å². The molecule has 0 aromatic heterocycles. The number of ether oxygens (including phenoxy) is 1. The first-order chi connectivity index (χ1) is 7.13. The van der Waals surface area contributed by atoms with Gasteiger partial charge in [0.1, 0.15) is 12.4 Å². The van der Waals surface area contributed by atoms with Gasteiger partial charge < -0.3 is 9.84 Å². The fourth-order valence-corrected chi connectivity index (χ4v) is 1.09. The number of benzene rings is 1. The predicted octanol–water partition coefficient (Wildman–Crippen LogP) is 1.73. The van der Waals surface area contributed by atoms with Crippen LogP contribution in [0.2, 0.25) is 0 Å². The van der Waals surface area contributed by atoms with Crippen molar-refractivity contribution < 1.29 is 14.8 Å². The minimum atomic E-state index is -0.583. The van der Waals surface area contributed by atoms with E-state index in [2.05, 4.69) is 15.9 Å². The van der Waals surface area contributed by atoms with E-state index in [1.54, 1.807) is 0 Å². The summed E-state index contributed by atoms with van der Waals surface area (Å²) in [5, 5.41) is 20.0. The summed E-state index contributed by atoms with van der Waals surface area (Å²) in [6, 6.07) is 5.71. The molecule has 1 atom stereocenters. The van der Waals surface area contributed by atoms with E-state index in [1.807, 2.05) is 0 Å². The fourth-order valence-electron chi connectivity index (χ4n) is 0.901. The number of hydrogen-bond donors (Lipinski definition) is 1. The minimum absolute atomic E-state index is 0.0170. The maximum Gasteiger partial charge on any atom is 0.269 e. The summed E-state index contributed by atoms with van der Waals surface area (Å²) in [6.07, 6.45) is -0.583. The molecule has 0 bridgehead atoms. The van der Waals surface area contributed by atoms with E-state index >= 15 is 0 Å². The molecule has 1 aromatic carbocycles. The second kappa shape index (κ2) is 5.67. The van der Waals surface area contributed by atoms with Gasteiger partial charge in [-0.25, -0.2) is 0 Å². The molecule has 6 heteroatoms. The molecular weight excluding hydrogens is 266 g/mol. The molecule has 15 heavy (non-hydrogen) atoms. The summed E-state index contributed by atoms with van der Waals surface area (Å²) >= 11 is 3.10. The van der Waals surface area contributed by atoms with Crippen LogP contribution in [0.4, 0.5) is 5.69 Å². The number of aliphatic hydroxyl groups is 1. The zero-order valence-electron chi connectivity index (χ0n) is 7.80. The highest BCUT2D eigenvalue weighted by molar-refractivity contribution is 9.09. The number of aliphatic hydroxyl groups excluding tert-OH is 1. The van der Waals surface area contributed by atoms with Crippen molar-refractivity contribution in [2.24, 2.45) is 0 Å². The molecule has 0 heterocycles. The molecule has 1 N–H and O–H groups in total. The van der Waals surface area contributed by atoms with Crippen molar-refractivity contribution in [2.45, 2.75) is 6.10 Å². The smallest absolute Gasteiger partial charge is 0.269 e. The van der Waals surface area contributed by atoms with Crippen molar-refractivity contribution in [3.05, 3.63) is 34.4 Å². The fraction of sp³-hybridized carbons (Fsp3) is 0.333. The molecule has 0 aliphatic heterocycles. The standard InChI is InChI=1S/C9H10BrNO4/c10-5-8(12)6-15-9-3-1-7(2-4-9)11(13)14/h1-4,8,12H,5-6H2. The van der Waals surface area contributed by atoms with Crippen molar-refractivity contribution in [1.82, 2.24) is 0 Å². The summed E-state index contributed by atoms with van der Waals surface area (Å²) in [5.41, 5.74) is 0.0170. The van der Waals surface area contributed by atoms with Crippen LogP contribution in [0.5, 0.6) is 5.75 Å². The lowest BCUT2D eigenvalue weighted by Gasteiger charge is -2.08. The van der Waals surface area contributed by atoms with Crippen LogP contribution in [0.15, 0.2) is 24.3 Å². The molecule has 0 amide bonds. The summed E-state index contributed by atoms with van der Waals surface area (Å²) in [5.74, 6) is 0.501. The quantitative estimate of drug-likeness (QED) is 0.505. The van der Waals surface area contributed by atoms with Crippen LogP contribution in [0.3, 0.4) is 0 Å². The Labute approximate surface area is 95.0 Å². The lowest BCUT2D eigenvalue weighted by molar-refractivity contribution is -0.384. The van der Waals surface area contributed by atoms with Crippen LogP contribution in [-0.2, 0) is 0 Å². The average molecular weight is 276 g/mol. The minimum Gasteiger partial charge on any atom is -0.491 e. The Morgan fingerprint density at radius 1 is 1.47 bits per heavy atom. The lowest BCUT2D eigenvalue weighted by Crippen LogP contribution is -2.18. The lowest BCUT2D eigenvalue weighted by atomic mass is 10.3. The number of nitrogens with zero attached hydrogens (tertiary/aromatic N) is 1. The second-order valence-corrected chi connectivity index (χ2v) is 3.52. The molecule has 1 unspecified atom stereocenters. The Kier molecular flexibility index (Phi) is 4.51. The van der Waals surface area contributed by atoms with Gasteiger partial charge in [0.15, 0.2) is 0 Å². The van der Waals surface area contributed by atoms with Gasteiger partial charge in [0, 0.05) is 17.5 Å². The highest BCUT2D eigenvalue weighted by Gasteiger charge is 2.06. The molecule has 0 aliphatic rings. The molecule has 0 fully saturated rings. The first-order valence-corrected chi connectivity index (χ1v) is 5.37. The van der Waals surface area contributed by atoms with Crippen LogP contribution in [-0.4, -0.2) is 28.1 Å². The molecule has 82 valence electrons.